The molecule has 1 atom stereocenters. The van der Waals surface area contributed by atoms with Crippen LogP contribution in [0.2, 0.25) is 0 Å². The molecule has 1 aromatic carbocycles. The van der Waals surface area contributed by atoms with Crippen LogP contribution in [0.1, 0.15) is 25.5 Å². The molecule has 0 bridgehead atoms. The second-order valence-electron chi connectivity index (χ2n) is 3.79. The number of hydrogen-bond donors (Lipinski definition) is 2. The minimum atomic E-state index is -0.108. The van der Waals surface area contributed by atoms with Gasteiger partial charge in [0.05, 0.1) is 12.3 Å². The van der Waals surface area contributed by atoms with Crippen LogP contribution in [0.5, 0.6) is 5.75 Å². The molecule has 1 heterocycles. The quantitative estimate of drug-likeness (QED) is 0.814. The number of nitrogens with one attached hydrogen (secondary N) is 1. The van der Waals surface area contributed by atoms with Gasteiger partial charge in [0.25, 0.3) is 0 Å². The molecule has 1 unspecified atom stereocenters. The molecule has 2 rings (SSSR count). The van der Waals surface area contributed by atoms with Gasteiger partial charge < -0.3 is 14.8 Å². The maximum absolute atomic E-state index is 11.0. The van der Waals surface area contributed by atoms with Gasteiger partial charge >= 0.3 is 0 Å². The van der Waals surface area contributed by atoms with E-state index in [4.69, 9.17) is 4.42 Å². The predicted molar refractivity (Wildman–Crippen MR) is 60.1 cm³/mol. The third-order valence-corrected chi connectivity index (χ3v) is 2.48. The molecule has 0 spiro atoms. The smallest absolute Gasteiger partial charge is 0.217 e. The number of aromatic hydroxyl groups is 1. The van der Waals surface area contributed by atoms with Gasteiger partial charge in [-0.3, -0.25) is 4.79 Å². The minimum absolute atomic E-state index is 0.0828. The first kappa shape index (κ1) is 10.5. The lowest BCUT2D eigenvalue weighted by Gasteiger charge is -2.10. The summed E-state index contributed by atoms with van der Waals surface area (Å²) in [6, 6.07) is 4.83. The van der Waals surface area contributed by atoms with Gasteiger partial charge in [-0.1, -0.05) is 0 Å². The van der Waals surface area contributed by atoms with Gasteiger partial charge in [-0.2, -0.15) is 0 Å². The summed E-state index contributed by atoms with van der Waals surface area (Å²) >= 11 is 0. The Balaban J connectivity index is 2.41. The lowest BCUT2D eigenvalue weighted by molar-refractivity contribution is -0.119. The number of fused-ring (bicyclic) bond motifs is 1. The Morgan fingerprint density at radius 1 is 1.50 bits per heavy atom. The maximum Gasteiger partial charge on any atom is 0.217 e. The zero-order valence-corrected chi connectivity index (χ0v) is 9.15. The van der Waals surface area contributed by atoms with E-state index in [0.29, 0.717) is 5.58 Å². The Bertz CT molecular complexity index is 530. The van der Waals surface area contributed by atoms with Crippen LogP contribution in [0.4, 0.5) is 0 Å². The van der Waals surface area contributed by atoms with Gasteiger partial charge in [0.15, 0.2) is 0 Å². The van der Waals surface area contributed by atoms with Crippen molar-refractivity contribution in [3.63, 3.8) is 0 Å². The van der Waals surface area contributed by atoms with Crippen molar-refractivity contribution < 1.29 is 14.3 Å². The first-order valence-electron chi connectivity index (χ1n) is 5.05. The monoisotopic (exact) mass is 219 g/mol. The van der Waals surface area contributed by atoms with E-state index in [1.807, 2.05) is 6.92 Å². The summed E-state index contributed by atoms with van der Waals surface area (Å²) in [7, 11) is 0. The molecule has 84 valence electrons. The highest BCUT2D eigenvalue weighted by molar-refractivity contribution is 5.83. The third kappa shape index (κ3) is 1.86. The molecule has 0 saturated heterocycles. The third-order valence-electron chi connectivity index (χ3n) is 2.48. The highest BCUT2D eigenvalue weighted by Crippen LogP contribution is 2.28. The number of phenols is 1. The van der Waals surface area contributed by atoms with Crippen LogP contribution in [0.25, 0.3) is 11.0 Å². The summed E-state index contributed by atoms with van der Waals surface area (Å²) in [6.45, 7) is 3.36. The van der Waals surface area contributed by atoms with E-state index < -0.39 is 0 Å². The summed E-state index contributed by atoms with van der Waals surface area (Å²) in [6.07, 6.45) is 1.60. The van der Waals surface area contributed by atoms with Crippen molar-refractivity contribution >= 4 is 16.9 Å². The van der Waals surface area contributed by atoms with E-state index >= 15 is 0 Å². The van der Waals surface area contributed by atoms with Gasteiger partial charge in [0, 0.05) is 23.9 Å². The number of carbonyl (C=O) groups is 1. The predicted octanol–water partition coefficient (Wildman–Crippen LogP) is 2.34. The molecule has 4 heteroatoms. The Labute approximate surface area is 92.9 Å². The van der Waals surface area contributed by atoms with Crippen molar-refractivity contribution in [2.45, 2.75) is 19.9 Å². The molecule has 1 amide bonds. The molecule has 0 aliphatic rings. The highest BCUT2D eigenvalue weighted by Gasteiger charge is 2.13. The van der Waals surface area contributed by atoms with Crippen molar-refractivity contribution in [3.05, 3.63) is 30.0 Å². The average molecular weight is 219 g/mol. The van der Waals surface area contributed by atoms with E-state index in [0.717, 1.165) is 10.9 Å². The molecular weight excluding hydrogens is 206 g/mol. The molecule has 4 nitrogen and oxygen atoms in total. The average Bonchev–Trinajstić information content (AvgIpc) is 2.59. The number of phenolic OH excluding ortho intramolecular Hbond substituents is 1. The van der Waals surface area contributed by atoms with Crippen LogP contribution in [-0.4, -0.2) is 11.0 Å². The molecule has 0 aliphatic heterocycles. The lowest BCUT2D eigenvalue weighted by Crippen LogP contribution is -2.23. The number of benzene rings is 1. The summed E-state index contributed by atoms with van der Waals surface area (Å²) in [5.41, 5.74) is 1.53. The van der Waals surface area contributed by atoms with E-state index in [1.54, 1.807) is 24.5 Å². The fourth-order valence-corrected chi connectivity index (χ4v) is 1.76. The first-order chi connectivity index (χ1) is 7.58. The maximum atomic E-state index is 11.0. The van der Waals surface area contributed by atoms with E-state index in [1.165, 1.54) is 6.92 Å². The second kappa shape index (κ2) is 3.89. The number of furan rings is 1. The number of carbonyl (C=O) groups excluding carboxylic acids is 1. The Kier molecular flexibility index (Phi) is 2.56. The Hall–Kier alpha value is -1.97. The molecule has 0 fully saturated rings. The van der Waals surface area contributed by atoms with E-state index in [9.17, 15) is 9.90 Å². The molecule has 2 N–H and O–H groups in total. The second-order valence-corrected chi connectivity index (χ2v) is 3.79. The molecule has 0 radical (unpaired) electrons. The van der Waals surface area contributed by atoms with Crippen molar-refractivity contribution in [2.24, 2.45) is 0 Å². The van der Waals surface area contributed by atoms with Crippen molar-refractivity contribution in [1.82, 2.24) is 5.32 Å². The molecule has 0 saturated carbocycles. The normalized spacial score (nSPS) is 12.6. The number of amides is 1. The number of rotatable bonds is 2. The first-order valence-corrected chi connectivity index (χ1v) is 5.05. The Morgan fingerprint density at radius 2 is 2.25 bits per heavy atom. The molecule has 0 aliphatic carbocycles. The van der Waals surface area contributed by atoms with Gasteiger partial charge in [-0.25, -0.2) is 0 Å². The number of hydrogen-bond acceptors (Lipinski definition) is 3. The van der Waals surface area contributed by atoms with Crippen LogP contribution in [0.3, 0.4) is 0 Å². The molecule has 16 heavy (non-hydrogen) atoms. The summed E-state index contributed by atoms with van der Waals surface area (Å²) in [4.78, 5) is 11.0. The van der Waals surface area contributed by atoms with Crippen LogP contribution in [-0.2, 0) is 4.79 Å². The van der Waals surface area contributed by atoms with Crippen molar-refractivity contribution in [2.75, 3.05) is 0 Å². The van der Waals surface area contributed by atoms with E-state index in [2.05, 4.69) is 5.32 Å². The van der Waals surface area contributed by atoms with Gasteiger partial charge in [0.1, 0.15) is 11.3 Å². The van der Waals surface area contributed by atoms with Gasteiger partial charge in [0.2, 0.25) is 5.91 Å². The minimum Gasteiger partial charge on any atom is -0.508 e. The standard InChI is InChI=1S/C12H13NO3/c1-7(13-8(2)14)11-6-16-12-5-9(15)3-4-10(11)12/h3-7,15H,1-2H3,(H,13,14). The van der Waals surface area contributed by atoms with E-state index in [-0.39, 0.29) is 17.7 Å². The fourth-order valence-electron chi connectivity index (χ4n) is 1.76. The SMILES string of the molecule is CC(=O)NC(C)c1coc2cc(O)ccc12. The zero-order chi connectivity index (χ0) is 11.7. The summed E-state index contributed by atoms with van der Waals surface area (Å²) in [5.74, 6) is 0.0845. The fraction of sp³-hybridized carbons (Fsp3) is 0.250. The van der Waals surface area contributed by atoms with Crippen LogP contribution in [0.15, 0.2) is 28.9 Å². The van der Waals surface area contributed by atoms with Crippen molar-refractivity contribution in [1.29, 1.82) is 0 Å². The summed E-state index contributed by atoms with van der Waals surface area (Å²) in [5, 5.41) is 13.0. The molecule has 1 aromatic heterocycles. The topological polar surface area (TPSA) is 62.5 Å². The summed E-state index contributed by atoms with van der Waals surface area (Å²) < 4.78 is 5.32. The van der Waals surface area contributed by atoms with Crippen LogP contribution < -0.4 is 5.32 Å². The lowest BCUT2D eigenvalue weighted by atomic mass is 10.1. The van der Waals surface area contributed by atoms with Crippen LogP contribution >= 0.6 is 0 Å². The zero-order valence-electron chi connectivity index (χ0n) is 9.15. The highest BCUT2D eigenvalue weighted by atomic mass is 16.3. The Morgan fingerprint density at radius 3 is 2.94 bits per heavy atom. The largest absolute Gasteiger partial charge is 0.508 e. The molecule has 2 aromatic rings. The molecular formula is C12H13NO3. The van der Waals surface area contributed by atoms with Gasteiger partial charge in [-0.15, -0.1) is 0 Å². The van der Waals surface area contributed by atoms with Gasteiger partial charge in [-0.05, 0) is 19.1 Å². The van der Waals surface area contributed by atoms with Crippen LogP contribution in [0, 0.1) is 0 Å². The van der Waals surface area contributed by atoms with Crippen molar-refractivity contribution in [3.8, 4) is 5.75 Å².